The predicted molar refractivity (Wildman–Crippen MR) is 81.5 cm³/mol. The fraction of sp³-hybridized carbons (Fsp3) is 0.533. The van der Waals surface area contributed by atoms with E-state index < -0.39 is 9.75 Å². The fourth-order valence-corrected chi connectivity index (χ4v) is 2.79. The van der Waals surface area contributed by atoms with Crippen molar-refractivity contribution >= 4 is 29.1 Å². The Hall–Kier alpha value is -0.930. The lowest BCUT2D eigenvalue weighted by Crippen LogP contribution is -2.37. The molecule has 1 aromatic carbocycles. The van der Waals surface area contributed by atoms with E-state index in [2.05, 4.69) is 0 Å². The summed E-state index contributed by atoms with van der Waals surface area (Å²) in [5.41, 5.74) is 0.529. The van der Waals surface area contributed by atoms with Crippen LogP contribution in [-0.2, 0) is 4.79 Å². The first kappa shape index (κ1) is 15.5. The first-order valence-electron chi connectivity index (χ1n) is 6.59. The maximum atomic E-state index is 12.2. The van der Waals surface area contributed by atoms with Crippen molar-refractivity contribution in [1.82, 2.24) is 4.90 Å². The van der Waals surface area contributed by atoms with Gasteiger partial charge in [0.15, 0.2) is 0 Å². The first-order chi connectivity index (χ1) is 9.26. The number of carbonyl (C=O) groups is 1. The molecule has 0 aromatic heterocycles. The summed E-state index contributed by atoms with van der Waals surface area (Å²) in [6, 6.07) is 7.82. The van der Waals surface area contributed by atoms with Gasteiger partial charge in [0, 0.05) is 7.05 Å². The number of amides is 1. The third-order valence-electron chi connectivity index (χ3n) is 3.79. The molecule has 0 bridgehead atoms. The Morgan fingerprint density at radius 3 is 2.40 bits per heavy atom. The van der Waals surface area contributed by atoms with Crippen LogP contribution in [-0.4, -0.2) is 35.3 Å². The highest BCUT2D eigenvalue weighted by Crippen LogP contribution is 2.64. The molecule has 0 N–H and O–H groups in total. The van der Waals surface area contributed by atoms with Crippen LogP contribution in [0, 0.1) is 12.3 Å². The molecule has 1 saturated carbocycles. The number of nitrogens with zero attached hydrogens (tertiary/aromatic N) is 1. The van der Waals surface area contributed by atoms with Crippen molar-refractivity contribution in [3.63, 3.8) is 0 Å². The highest BCUT2D eigenvalue weighted by molar-refractivity contribution is 6.53. The molecule has 1 aliphatic carbocycles. The van der Waals surface area contributed by atoms with Crippen LogP contribution in [0.5, 0.6) is 5.75 Å². The van der Waals surface area contributed by atoms with Gasteiger partial charge >= 0.3 is 0 Å². The zero-order chi connectivity index (χ0) is 15.0. The highest BCUT2D eigenvalue weighted by Gasteiger charge is 2.68. The Morgan fingerprint density at radius 1 is 1.35 bits per heavy atom. The van der Waals surface area contributed by atoms with Gasteiger partial charge in [-0.05, 0) is 32.4 Å². The molecule has 2 rings (SSSR count). The summed E-state index contributed by atoms with van der Waals surface area (Å²) in [7, 11) is 1.74. The molecule has 5 heteroatoms. The summed E-state index contributed by atoms with van der Waals surface area (Å²) in [4.78, 5) is 13.9. The van der Waals surface area contributed by atoms with Gasteiger partial charge in [-0.15, -0.1) is 23.2 Å². The quantitative estimate of drug-likeness (QED) is 0.779. The summed E-state index contributed by atoms with van der Waals surface area (Å²) >= 11 is 12.0. The molecule has 3 nitrogen and oxygen atoms in total. The molecule has 0 spiro atoms. The summed E-state index contributed by atoms with van der Waals surface area (Å²) in [6.07, 6.45) is 0.505. The van der Waals surface area contributed by atoms with E-state index in [1.54, 1.807) is 18.9 Å². The van der Waals surface area contributed by atoms with Crippen molar-refractivity contribution in [3.05, 3.63) is 29.8 Å². The van der Waals surface area contributed by atoms with Gasteiger partial charge in [-0.3, -0.25) is 4.79 Å². The van der Waals surface area contributed by atoms with Crippen molar-refractivity contribution in [2.24, 2.45) is 5.41 Å². The number of aryl methyl sites for hydroxylation is 1. The molecule has 0 radical (unpaired) electrons. The molecule has 0 saturated heterocycles. The van der Waals surface area contributed by atoms with Crippen LogP contribution < -0.4 is 4.74 Å². The standard InChI is InChI=1S/C15H19Cl2NO2/c1-11-4-6-12(7-5-11)20-9-8-18(3)13(19)14(2)10-15(14,16)17/h4-7H,8-10H2,1-3H3. The van der Waals surface area contributed by atoms with Crippen LogP contribution in [0.15, 0.2) is 24.3 Å². The van der Waals surface area contributed by atoms with Crippen molar-refractivity contribution in [2.45, 2.75) is 24.6 Å². The van der Waals surface area contributed by atoms with Gasteiger partial charge < -0.3 is 9.64 Å². The average molecular weight is 316 g/mol. The van der Waals surface area contributed by atoms with E-state index in [0.29, 0.717) is 19.6 Å². The van der Waals surface area contributed by atoms with Crippen molar-refractivity contribution in [2.75, 3.05) is 20.2 Å². The van der Waals surface area contributed by atoms with Gasteiger partial charge in [-0.1, -0.05) is 17.7 Å². The second-order valence-corrected chi connectivity index (χ2v) is 7.09. The van der Waals surface area contributed by atoms with Gasteiger partial charge in [0.2, 0.25) is 5.91 Å². The van der Waals surface area contributed by atoms with E-state index in [1.165, 1.54) is 5.56 Å². The van der Waals surface area contributed by atoms with Crippen molar-refractivity contribution in [3.8, 4) is 5.75 Å². The van der Waals surface area contributed by atoms with E-state index in [-0.39, 0.29) is 5.91 Å². The van der Waals surface area contributed by atoms with E-state index >= 15 is 0 Å². The lowest BCUT2D eigenvalue weighted by atomic mass is 10.1. The third-order valence-corrected chi connectivity index (χ3v) is 4.89. The normalized spacial score (nSPS) is 23.2. The molecule has 20 heavy (non-hydrogen) atoms. The van der Waals surface area contributed by atoms with Crippen LogP contribution in [0.4, 0.5) is 0 Å². The number of benzene rings is 1. The first-order valence-corrected chi connectivity index (χ1v) is 7.35. The van der Waals surface area contributed by atoms with Crippen LogP contribution in [0.1, 0.15) is 18.9 Å². The van der Waals surface area contributed by atoms with Crippen LogP contribution >= 0.6 is 23.2 Å². The number of alkyl halides is 2. The van der Waals surface area contributed by atoms with E-state index in [1.807, 2.05) is 31.2 Å². The van der Waals surface area contributed by atoms with E-state index in [4.69, 9.17) is 27.9 Å². The maximum absolute atomic E-state index is 12.2. The molecule has 0 aliphatic heterocycles. The van der Waals surface area contributed by atoms with E-state index in [9.17, 15) is 4.79 Å². The monoisotopic (exact) mass is 315 g/mol. The summed E-state index contributed by atoms with van der Waals surface area (Å²) in [6.45, 7) is 4.77. The lowest BCUT2D eigenvalue weighted by molar-refractivity contribution is -0.135. The van der Waals surface area contributed by atoms with Crippen molar-refractivity contribution < 1.29 is 9.53 Å². The smallest absolute Gasteiger partial charge is 0.231 e. The number of hydrogen-bond acceptors (Lipinski definition) is 2. The van der Waals surface area contributed by atoms with Gasteiger partial charge in [-0.25, -0.2) is 0 Å². The Labute approximate surface area is 129 Å². The molecule has 1 unspecified atom stereocenters. The Bertz CT molecular complexity index is 501. The molecular weight excluding hydrogens is 297 g/mol. The summed E-state index contributed by atoms with van der Waals surface area (Å²) in [5, 5.41) is 0. The topological polar surface area (TPSA) is 29.5 Å². The molecule has 1 fully saturated rings. The summed E-state index contributed by atoms with van der Waals surface area (Å²) < 4.78 is 4.69. The van der Waals surface area contributed by atoms with Gasteiger partial charge in [-0.2, -0.15) is 0 Å². The second-order valence-electron chi connectivity index (χ2n) is 5.60. The lowest BCUT2D eigenvalue weighted by Gasteiger charge is -2.22. The third kappa shape index (κ3) is 3.04. The minimum Gasteiger partial charge on any atom is -0.492 e. The van der Waals surface area contributed by atoms with Crippen LogP contribution in [0.2, 0.25) is 0 Å². The average Bonchev–Trinajstić information content (AvgIpc) is 2.91. The van der Waals surface area contributed by atoms with Gasteiger partial charge in [0.25, 0.3) is 0 Å². The molecule has 0 heterocycles. The Balaban J connectivity index is 1.80. The zero-order valence-corrected chi connectivity index (χ0v) is 13.5. The Morgan fingerprint density at radius 2 is 1.90 bits per heavy atom. The van der Waals surface area contributed by atoms with Crippen LogP contribution in [0.25, 0.3) is 0 Å². The number of rotatable bonds is 5. The maximum Gasteiger partial charge on any atom is 0.231 e. The number of carbonyl (C=O) groups excluding carboxylic acids is 1. The molecule has 110 valence electrons. The minimum absolute atomic E-state index is 0.0324. The fourth-order valence-electron chi connectivity index (χ4n) is 2.09. The largest absolute Gasteiger partial charge is 0.492 e. The molecule has 1 amide bonds. The number of likely N-dealkylation sites (N-methyl/N-ethyl adjacent to an activating group) is 1. The van der Waals surface area contributed by atoms with Crippen molar-refractivity contribution in [1.29, 1.82) is 0 Å². The highest BCUT2D eigenvalue weighted by atomic mass is 35.5. The van der Waals surface area contributed by atoms with Crippen LogP contribution in [0.3, 0.4) is 0 Å². The Kier molecular flexibility index (Phi) is 4.22. The van der Waals surface area contributed by atoms with Gasteiger partial charge in [0.1, 0.15) is 16.7 Å². The minimum atomic E-state index is -0.920. The number of halogens is 2. The molecular formula is C15H19Cl2NO2. The second kappa shape index (κ2) is 5.45. The molecule has 1 aliphatic rings. The number of ether oxygens (including phenoxy) is 1. The predicted octanol–water partition coefficient (Wildman–Crippen LogP) is 3.42. The SMILES string of the molecule is Cc1ccc(OCCN(C)C(=O)C2(C)CC2(Cl)Cl)cc1. The van der Waals surface area contributed by atoms with E-state index in [0.717, 1.165) is 5.75 Å². The molecule has 1 atom stereocenters. The zero-order valence-electron chi connectivity index (χ0n) is 12.0. The van der Waals surface area contributed by atoms with Gasteiger partial charge in [0.05, 0.1) is 12.0 Å². The molecule has 1 aromatic rings. The number of hydrogen-bond donors (Lipinski definition) is 0. The summed E-state index contributed by atoms with van der Waals surface area (Å²) in [5.74, 6) is 0.771.